The quantitative estimate of drug-likeness (QED) is 0.625. The van der Waals surface area contributed by atoms with E-state index < -0.39 is 8.32 Å². The average Bonchev–Trinajstić information content (AvgIpc) is 2.10. The predicted molar refractivity (Wildman–Crippen MR) is 45.8 cm³/mol. The molecule has 0 aromatic rings. The molecule has 4 heteroatoms. The fourth-order valence-electron chi connectivity index (χ4n) is 1.16. The Morgan fingerprint density at radius 3 is 2.55 bits per heavy atom. The lowest BCUT2D eigenvalue weighted by atomic mass is 10.3. The van der Waals surface area contributed by atoms with Gasteiger partial charge in [-0.15, -0.1) is 0 Å². The van der Waals surface area contributed by atoms with Crippen LogP contribution in [0.5, 0.6) is 0 Å². The third-order valence-electron chi connectivity index (χ3n) is 1.46. The van der Waals surface area contributed by atoms with Gasteiger partial charge in [-0.1, -0.05) is 0 Å². The van der Waals surface area contributed by atoms with Crippen molar-refractivity contribution >= 4 is 14.2 Å². The first kappa shape index (κ1) is 8.74. The fraction of sp³-hybridized carbons (Fsp3) is 0.857. The van der Waals surface area contributed by atoms with Crippen molar-refractivity contribution in [2.75, 3.05) is 6.54 Å². The van der Waals surface area contributed by atoms with Gasteiger partial charge in [0.15, 0.2) is 8.32 Å². The number of carbonyl (C=O) groups excluding carboxylic acids is 1. The van der Waals surface area contributed by atoms with Gasteiger partial charge in [0.1, 0.15) is 0 Å². The molecule has 1 amide bonds. The van der Waals surface area contributed by atoms with Crippen LogP contribution in [0.1, 0.15) is 6.42 Å². The Labute approximate surface area is 68.3 Å². The van der Waals surface area contributed by atoms with Crippen LogP contribution in [-0.2, 0) is 9.22 Å². The lowest BCUT2D eigenvalue weighted by molar-refractivity contribution is -0.119. The second-order valence-electron chi connectivity index (χ2n) is 3.86. The first-order valence-corrected chi connectivity index (χ1v) is 7.33. The summed E-state index contributed by atoms with van der Waals surface area (Å²) < 4.78 is 5.72. The summed E-state index contributed by atoms with van der Waals surface area (Å²) >= 11 is 0. The molecule has 1 rings (SSSR count). The SMILES string of the molecule is C[Si](C)(C)O[C@H]1CNC(=O)C1. The minimum Gasteiger partial charge on any atom is -0.412 e. The Morgan fingerprint density at radius 1 is 1.55 bits per heavy atom. The molecule has 0 aromatic heterocycles. The van der Waals surface area contributed by atoms with Crippen LogP contribution in [0.3, 0.4) is 0 Å². The molecule has 0 saturated carbocycles. The van der Waals surface area contributed by atoms with Crippen molar-refractivity contribution in [2.45, 2.75) is 32.2 Å². The molecular weight excluding hydrogens is 158 g/mol. The first-order valence-electron chi connectivity index (χ1n) is 3.92. The summed E-state index contributed by atoms with van der Waals surface area (Å²) in [4.78, 5) is 10.8. The van der Waals surface area contributed by atoms with Crippen molar-refractivity contribution in [3.05, 3.63) is 0 Å². The van der Waals surface area contributed by atoms with Gasteiger partial charge in [0, 0.05) is 6.54 Å². The monoisotopic (exact) mass is 173 g/mol. The van der Waals surface area contributed by atoms with Gasteiger partial charge in [-0.25, -0.2) is 0 Å². The molecule has 1 N–H and O–H groups in total. The van der Waals surface area contributed by atoms with E-state index in [0.717, 1.165) is 0 Å². The number of amides is 1. The topological polar surface area (TPSA) is 38.3 Å². The highest BCUT2D eigenvalue weighted by molar-refractivity contribution is 6.69. The number of rotatable bonds is 2. The Balaban J connectivity index is 2.34. The first-order chi connectivity index (χ1) is 4.97. The summed E-state index contributed by atoms with van der Waals surface area (Å²) in [6, 6.07) is 0. The number of nitrogens with one attached hydrogen (secondary N) is 1. The van der Waals surface area contributed by atoms with Crippen LogP contribution in [0.2, 0.25) is 19.6 Å². The summed E-state index contributed by atoms with van der Waals surface area (Å²) in [6.45, 7) is 7.10. The molecule has 3 nitrogen and oxygen atoms in total. The summed E-state index contributed by atoms with van der Waals surface area (Å²) in [6.07, 6.45) is 0.679. The molecule has 1 heterocycles. The highest BCUT2D eigenvalue weighted by Crippen LogP contribution is 2.12. The largest absolute Gasteiger partial charge is 0.412 e. The molecule has 0 spiro atoms. The maximum Gasteiger partial charge on any atom is 0.222 e. The fourth-order valence-corrected chi connectivity index (χ4v) is 2.33. The lowest BCUT2D eigenvalue weighted by Gasteiger charge is -2.21. The van der Waals surface area contributed by atoms with Crippen LogP contribution >= 0.6 is 0 Å². The van der Waals surface area contributed by atoms with E-state index in [1.54, 1.807) is 0 Å². The van der Waals surface area contributed by atoms with E-state index in [-0.39, 0.29) is 12.0 Å². The molecule has 0 unspecified atom stereocenters. The minimum atomic E-state index is -1.44. The Morgan fingerprint density at radius 2 is 2.18 bits per heavy atom. The van der Waals surface area contributed by atoms with E-state index >= 15 is 0 Å². The second-order valence-corrected chi connectivity index (χ2v) is 8.32. The van der Waals surface area contributed by atoms with Gasteiger partial charge in [-0.2, -0.15) is 0 Å². The lowest BCUT2D eigenvalue weighted by Crippen LogP contribution is -2.33. The maximum absolute atomic E-state index is 10.8. The van der Waals surface area contributed by atoms with Crippen molar-refractivity contribution in [1.82, 2.24) is 5.32 Å². The average molecular weight is 173 g/mol. The normalized spacial score (nSPS) is 25.4. The van der Waals surface area contributed by atoms with Gasteiger partial charge in [0.05, 0.1) is 12.5 Å². The molecule has 1 fully saturated rings. The zero-order chi connectivity index (χ0) is 8.48. The molecule has 11 heavy (non-hydrogen) atoms. The zero-order valence-electron chi connectivity index (χ0n) is 7.31. The van der Waals surface area contributed by atoms with Crippen molar-refractivity contribution < 1.29 is 9.22 Å². The number of carbonyl (C=O) groups is 1. The van der Waals surface area contributed by atoms with Gasteiger partial charge in [-0.05, 0) is 19.6 Å². The van der Waals surface area contributed by atoms with E-state index in [4.69, 9.17) is 4.43 Å². The summed E-state index contributed by atoms with van der Waals surface area (Å²) in [5.74, 6) is 0.119. The molecule has 0 radical (unpaired) electrons. The zero-order valence-corrected chi connectivity index (χ0v) is 8.31. The molecule has 1 aliphatic rings. The van der Waals surface area contributed by atoms with Gasteiger partial charge in [0.2, 0.25) is 5.91 Å². The highest BCUT2D eigenvalue weighted by atomic mass is 28.4. The second kappa shape index (κ2) is 2.95. The summed E-state index contributed by atoms with van der Waals surface area (Å²) in [5.41, 5.74) is 0. The predicted octanol–water partition coefficient (Wildman–Crippen LogP) is 0.726. The maximum atomic E-state index is 10.8. The van der Waals surface area contributed by atoms with Crippen molar-refractivity contribution in [3.63, 3.8) is 0 Å². The molecule has 0 aliphatic carbocycles. The Kier molecular flexibility index (Phi) is 2.34. The smallest absolute Gasteiger partial charge is 0.222 e. The highest BCUT2D eigenvalue weighted by Gasteiger charge is 2.27. The van der Waals surface area contributed by atoms with Gasteiger partial charge in [-0.3, -0.25) is 4.79 Å². The van der Waals surface area contributed by atoms with Crippen molar-refractivity contribution in [2.24, 2.45) is 0 Å². The third-order valence-corrected chi connectivity index (χ3v) is 2.50. The summed E-state index contributed by atoms with van der Waals surface area (Å²) in [5, 5.41) is 2.75. The Bertz CT molecular complexity index is 164. The minimum absolute atomic E-state index is 0.119. The van der Waals surface area contributed by atoms with Crippen LogP contribution in [0.15, 0.2) is 0 Å². The number of hydrogen-bond acceptors (Lipinski definition) is 2. The van der Waals surface area contributed by atoms with E-state index in [1.807, 2.05) is 0 Å². The van der Waals surface area contributed by atoms with E-state index in [1.165, 1.54) is 0 Å². The standard InChI is InChI=1S/C7H15NO2Si/c1-11(2,3)10-6-4-7(9)8-5-6/h6H,4-5H2,1-3H3,(H,8,9)/t6-/m1/s1. The van der Waals surface area contributed by atoms with Crippen LogP contribution in [0.25, 0.3) is 0 Å². The van der Waals surface area contributed by atoms with Crippen molar-refractivity contribution in [3.8, 4) is 0 Å². The van der Waals surface area contributed by atoms with E-state index in [0.29, 0.717) is 13.0 Å². The molecule has 1 saturated heterocycles. The molecule has 64 valence electrons. The third kappa shape index (κ3) is 3.03. The van der Waals surface area contributed by atoms with Crippen molar-refractivity contribution in [1.29, 1.82) is 0 Å². The Hall–Kier alpha value is -0.353. The van der Waals surface area contributed by atoms with Gasteiger partial charge < -0.3 is 9.74 Å². The van der Waals surface area contributed by atoms with Crippen LogP contribution in [-0.4, -0.2) is 26.9 Å². The molecular formula is C7H15NO2Si. The van der Waals surface area contributed by atoms with Crippen LogP contribution in [0, 0.1) is 0 Å². The number of hydrogen-bond donors (Lipinski definition) is 1. The molecule has 0 aromatic carbocycles. The van der Waals surface area contributed by atoms with Gasteiger partial charge in [0.25, 0.3) is 0 Å². The summed E-state index contributed by atoms with van der Waals surface area (Å²) in [7, 11) is -1.44. The molecule has 1 atom stereocenters. The molecule has 1 aliphatic heterocycles. The van der Waals surface area contributed by atoms with Crippen LogP contribution in [0.4, 0.5) is 0 Å². The van der Waals surface area contributed by atoms with E-state index in [9.17, 15) is 4.79 Å². The molecule has 0 bridgehead atoms. The van der Waals surface area contributed by atoms with Crippen LogP contribution < -0.4 is 5.32 Å². The van der Waals surface area contributed by atoms with Gasteiger partial charge >= 0.3 is 0 Å². The van der Waals surface area contributed by atoms with E-state index in [2.05, 4.69) is 25.0 Å².